The van der Waals surface area contributed by atoms with Gasteiger partial charge in [0.2, 0.25) is 5.91 Å². The lowest BCUT2D eigenvalue weighted by atomic mass is 10.0. The molecule has 0 aliphatic carbocycles. The summed E-state index contributed by atoms with van der Waals surface area (Å²) in [5, 5.41) is 0. The number of primary amides is 1. The van der Waals surface area contributed by atoms with Crippen molar-refractivity contribution in [2.24, 2.45) is 5.73 Å². The van der Waals surface area contributed by atoms with Crippen LogP contribution < -0.4 is 5.73 Å². The molecule has 1 aliphatic rings. The summed E-state index contributed by atoms with van der Waals surface area (Å²) >= 11 is 0. The van der Waals surface area contributed by atoms with Gasteiger partial charge in [0.05, 0.1) is 6.04 Å². The van der Waals surface area contributed by atoms with Crippen LogP contribution in [0, 0.1) is 0 Å². The lowest BCUT2D eigenvalue weighted by Crippen LogP contribution is -2.43. The van der Waals surface area contributed by atoms with Crippen molar-refractivity contribution < 1.29 is 4.79 Å². The molecule has 0 saturated carbocycles. The molecule has 1 aromatic rings. The number of carbonyl (C=O) groups is 1. The van der Waals surface area contributed by atoms with Gasteiger partial charge in [-0.2, -0.15) is 0 Å². The standard InChI is InChI=1S/C13H18N2O/c1-10(13(14)16)15-8-6-11-4-2-3-5-12(11)7-9-15/h2-5,10H,6-9H2,1H3,(H2,14,16). The molecular formula is C13H18N2O. The summed E-state index contributed by atoms with van der Waals surface area (Å²) in [6.45, 7) is 3.72. The smallest absolute Gasteiger partial charge is 0.234 e. The molecule has 2 N–H and O–H groups in total. The van der Waals surface area contributed by atoms with Crippen molar-refractivity contribution in [3.8, 4) is 0 Å². The number of rotatable bonds is 2. The Morgan fingerprint density at radius 1 is 1.25 bits per heavy atom. The third kappa shape index (κ3) is 2.25. The van der Waals surface area contributed by atoms with E-state index < -0.39 is 0 Å². The van der Waals surface area contributed by atoms with Crippen molar-refractivity contribution in [2.45, 2.75) is 25.8 Å². The van der Waals surface area contributed by atoms with Crippen LogP contribution in [0.4, 0.5) is 0 Å². The highest BCUT2D eigenvalue weighted by molar-refractivity contribution is 5.79. The van der Waals surface area contributed by atoms with Crippen LogP contribution in [-0.2, 0) is 17.6 Å². The highest BCUT2D eigenvalue weighted by Gasteiger charge is 2.21. The molecule has 1 heterocycles. The second-order valence-corrected chi connectivity index (χ2v) is 4.38. The Bertz CT molecular complexity index is 362. The quantitative estimate of drug-likeness (QED) is 0.803. The molecule has 0 aromatic heterocycles. The molecule has 16 heavy (non-hydrogen) atoms. The molecule has 0 radical (unpaired) electrons. The van der Waals surface area contributed by atoms with Gasteiger partial charge in [0.15, 0.2) is 0 Å². The van der Waals surface area contributed by atoms with Crippen molar-refractivity contribution in [2.75, 3.05) is 13.1 Å². The Morgan fingerprint density at radius 3 is 2.19 bits per heavy atom. The fourth-order valence-electron chi connectivity index (χ4n) is 2.25. The van der Waals surface area contributed by atoms with Crippen molar-refractivity contribution in [1.29, 1.82) is 0 Å². The lowest BCUT2D eigenvalue weighted by Gasteiger charge is -2.24. The zero-order valence-corrected chi connectivity index (χ0v) is 9.65. The Kier molecular flexibility index (Phi) is 3.25. The van der Waals surface area contributed by atoms with Gasteiger partial charge in [-0.1, -0.05) is 24.3 Å². The largest absolute Gasteiger partial charge is 0.368 e. The van der Waals surface area contributed by atoms with Gasteiger partial charge >= 0.3 is 0 Å². The Morgan fingerprint density at radius 2 is 1.75 bits per heavy atom. The third-order valence-corrected chi connectivity index (χ3v) is 3.41. The van der Waals surface area contributed by atoms with Crippen molar-refractivity contribution in [3.63, 3.8) is 0 Å². The highest BCUT2D eigenvalue weighted by atomic mass is 16.1. The van der Waals surface area contributed by atoms with Crippen molar-refractivity contribution in [1.82, 2.24) is 4.90 Å². The van der Waals surface area contributed by atoms with Gasteiger partial charge in [-0.3, -0.25) is 9.69 Å². The normalized spacial score (nSPS) is 18.6. The van der Waals surface area contributed by atoms with E-state index in [1.165, 1.54) is 11.1 Å². The van der Waals surface area contributed by atoms with Crippen LogP contribution in [0.1, 0.15) is 18.1 Å². The van der Waals surface area contributed by atoms with E-state index in [0.29, 0.717) is 0 Å². The predicted octanol–water partition coefficient (Wildman–Crippen LogP) is 0.961. The molecule has 1 unspecified atom stereocenters. The molecular weight excluding hydrogens is 200 g/mol. The molecule has 3 heteroatoms. The fourth-order valence-corrected chi connectivity index (χ4v) is 2.25. The molecule has 2 rings (SSSR count). The fraction of sp³-hybridized carbons (Fsp3) is 0.462. The first-order chi connectivity index (χ1) is 7.68. The minimum atomic E-state index is -0.231. The average Bonchev–Trinajstić information content (AvgIpc) is 2.50. The van der Waals surface area contributed by atoms with Crippen LogP contribution in [0.25, 0.3) is 0 Å². The molecule has 1 aromatic carbocycles. The van der Waals surface area contributed by atoms with Gasteiger partial charge in [-0.25, -0.2) is 0 Å². The molecule has 1 atom stereocenters. The van der Waals surface area contributed by atoms with E-state index in [2.05, 4.69) is 29.2 Å². The minimum absolute atomic E-state index is 0.158. The minimum Gasteiger partial charge on any atom is -0.368 e. The first-order valence-electron chi connectivity index (χ1n) is 5.78. The molecule has 1 amide bonds. The summed E-state index contributed by atoms with van der Waals surface area (Å²) < 4.78 is 0. The Labute approximate surface area is 96.2 Å². The maximum atomic E-state index is 11.2. The maximum Gasteiger partial charge on any atom is 0.234 e. The zero-order valence-electron chi connectivity index (χ0n) is 9.65. The van der Waals surface area contributed by atoms with Gasteiger partial charge in [0.1, 0.15) is 0 Å². The molecule has 0 bridgehead atoms. The molecule has 86 valence electrons. The first-order valence-corrected chi connectivity index (χ1v) is 5.78. The van der Waals surface area contributed by atoms with Gasteiger partial charge in [0.25, 0.3) is 0 Å². The summed E-state index contributed by atoms with van der Waals surface area (Å²) in [6.07, 6.45) is 2.02. The van der Waals surface area contributed by atoms with E-state index in [4.69, 9.17) is 5.73 Å². The number of hydrogen-bond acceptors (Lipinski definition) is 2. The Balaban J connectivity index is 2.10. The summed E-state index contributed by atoms with van der Waals surface area (Å²) in [5.74, 6) is -0.231. The van der Waals surface area contributed by atoms with Gasteiger partial charge < -0.3 is 5.73 Å². The van der Waals surface area contributed by atoms with E-state index in [-0.39, 0.29) is 11.9 Å². The van der Waals surface area contributed by atoms with Gasteiger partial charge in [-0.05, 0) is 30.9 Å². The van der Waals surface area contributed by atoms with Crippen LogP contribution in [0.5, 0.6) is 0 Å². The van der Waals surface area contributed by atoms with Crippen LogP contribution in [0.3, 0.4) is 0 Å². The van der Waals surface area contributed by atoms with Gasteiger partial charge in [0, 0.05) is 13.1 Å². The second kappa shape index (κ2) is 4.66. The number of carbonyl (C=O) groups excluding carboxylic acids is 1. The number of hydrogen-bond donors (Lipinski definition) is 1. The summed E-state index contributed by atoms with van der Waals surface area (Å²) in [5.41, 5.74) is 8.15. The van der Waals surface area contributed by atoms with E-state index in [0.717, 1.165) is 25.9 Å². The number of benzene rings is 1. The Hall–Kier alpha value is -1.35. The topological polar surface area (TPSA) is 46.3 Å². The van der Waals surface area contributed by atoms with Crippen molar-refractivity contribution in [3.05, 3.63) is 35.4 Å². The molecule has 0 spiro atoms. The molecule has 0 saturated heterocycles. The molecule has 1 aliphatic heterocycles. The van der Waals surface area contributed by atoms with Crippen LogP contribution in [-0.4, -0.2) is 29.9 Å². The average molecular weight is 218 g/mol. The van der Waals surface area contributed by atoms with Crippen LogP contribution >= 0.6 is 0 Å². The van der Waals surface area contributed by atoms with E-state index in [1.54, 1.807) is 0 Å². The number of amides is 1. The first kappa shape index (κ1) is 11.1. The summed E-state index contributed by atoms with van der Waals surface area (Å²) in [6, 6.07) is 8.34. The van der Waals surface area contributed by atoms with E-state index in [1.807, 2.05) is 6.92 Å². The highest BCUT2D eigenvalue weighted by Crippen LogP contribution is 2.16. The van der Waals surface area contributed by atoms with Gasteiger partial charge in [-0.15, -0.1) is 0 Å². The van der Waals surface area contributed by atoms with E-state index in [9.17, 15) is 4.79 Å². The maximum absolute atomic E-state index is 11.2. The second-order valence-electron chi connectivity index (χ2n) is 4.38. The SMILES string of the molecule is CC(C(N)=O)N1CCc2ccccc2CC1. The third-order valence-electron chi connectivity index (χ3n) is 3.41. The summed E-state index contributed by atoms with van der Waals surface area (Å²) in [7, 11) is 0. The predicted molar refractivity (Wildman–Crippen MR) is 64.1 cm³/mol. The van der Waals surface area contributed by atoms with Crippen LogP contribution in [0.2, 0.25) is 0 Å². The summed E-state index contributed by atoms with van der Waals surface area (Å²) in [4.78, 5) is 13.3. The number of nitrogens with zero attached hydrogens (tertiary/aromatic N) is 1. The number of nitrogens with two attached hydrogens (primary N) is 1. The monoisotopic (exact) mass is 218 g/mol. The molecule has 3 nitrogen and oxygen atoms in total. The van der Waals surface area contributed by atoms with Crippen LogP contribution in [0.15, 0.2) is 24.3 Å². The zero-order chi connectivity index (χ0) is 11.5. The number of fused-ring (bicyclic) bond motifs is 1. The van der Waals surface area contributed by atoms with E-state index >= 15 is 0 Å². The molecule has 0 fully saturated rings. The van der Waals surface area contributed by atoms with Crippen molar-refractivity contribution >= 4 is 5.91 Å². The lowest BCUT2D eigenvalue weighted by molar-refractivity contribution is -0.122.